The largest absolute Gasteiger partial charge is 0.461 e. The molecule has 2 atom stereocenters. The maximum atomic E-state index is 12.6. The number of nitrogens with one attached hydrogen (secondary N) is 1. The molecule has 2 amide bonds. The molecule has 3 rings (SSSR count). The predicted octanol–water partition coefficient (Wildman–Crippen LogP) is -0.0773. The summed E-state index contributed by atoms with van der Waals surface area (Å²) in [5.41, 5.74) is 6.64. The quantitative estimate of drug-likeness (QED) is 0.287. The summed E-state index contributed by atoms with van der Waals surface area (Å²) in [5.74, 6) is -0.614. The summed E-state index contributed by atoms with van der Waals surface area (Å²) in [6.45, 7) is 1.47. The average Bonchev–Trinajstić information content (AvgIpc) is 3.07. The Balaban J connectivity index is 1.65. The van der Waals surface area contributed by atoms with Crippen LogP contribution >= 0.6 is 23.1 Å². The minimum atomic E-state index is -0.688. The van der Waals surface area contributed by atoms with Crippen LogP contribution in [0.5, 0.6) is 0 Å². The van der Waals surface area contributed by atoms with Crippen molar-refractivity contribution in [2.75, 3.05) is 25.2 Å². The van der Waals surface area contributed by atoms with Crippen LogP contribution in [-0.4, -0.2) is 64.3 Å². The summed E-state index contributed by atoms with van der Waals surface area (Å²) in [4.78, 5) is 46.1. The number of β-lactam (4-membered cyclic amide) rings is 1. The van der Waals surface area contributed by atoms with Crippen molar-refractivity contribution in [1.29, 1.82) is 0 Å². The van der Waals surface area contributed by atoms with Crippen LogP contribution in [0.1, 0.15) is 12.6 Å². The van der Waals surface area contributed by atoms with Gasteiger partial charge < -0.3 is 25.5 Å². The topological polar surface area (TPSA) is 136 Å². The van der Waals surface area contributed by atoms with Crippen LogP contribution in [0.25, 0.3) is 0 Å². The van der Waals surface area contributed by atoms with Crippen molar-refractivity contribution in [3.63, 3.8) is 0 Å². The van der Waals surface area contributed by atoms with Crippen LogP contribution in [0.15, 0.2) is 22.3 Å². The summed E-state index contributed by atoms with van der Waals surface area (Å²) in [5, 5.41) is 8.02. The van der Waals surface area contributed by atoms with E-state index in [0.717, 1.165) is 5.57 Å². The highest BCUT2D eigenvalue weighted by Crippen LogP contribution is 2.36. The van der Waals surface area contributed by atoms with Gasteiger partial charge in [-0.1, -0.05) is 5.16 Å². The van der Waals surface area contributed by atoms with Gasteiger partial charge in [-0.25, -0.2) is 4.98 Å². The number of ether oxygens (including phenoxy) is 1. The van der Waals surface area contributed by atoms with Gasteiger partial charge in [0, 0.05) is 24.3 Å². The van der Waals surface area contributed by atoms with Gasteiger partial charge in [-0.15, -0.1) is 23.1 Å². The molecular weight excluding hydrogens is 394 g/mol. The first-order valence-electron chi connectivity index (χ1n) is 7.80. The van der Waals surface area contributed by atoms with Gasteiger partial charge in [-0.3, -0.25) is 14.4 Å². The van der Waals surface area contributed by atoms with Crippen LogP contribution in [0.3, 0.4) is 0 Å². The predicted molar refractivity (Wildman–Crippen MR) is 99.8 cm³/mol. The van der Waals surface area contributed by atoms with Gasteiger partial charge in [0.2, 0.25) is 0 Å². The van der Waals surface area contributed by atoms with E-state index in [9.17, 15) is 14.4 Å². The summed E-state index contributed by atoms with van der Waals surface area (Å²) in [6, 6.07) is -0.688. The number of amides is 2. The number of thioether (sulfide) groups is 1. The third-order valence-electron chi connectivity index (χ3n) is 3.75. The van der Waals surface area contributed by atoms with E-state index < -0.39 is 11.9 Å². The lowest BCUT2D eigenvalue weighted by molar-refractivity contribution is -0.144. The van der Waals surface area contributed by atoms with Crippen molar-refractivity contribution in [3.8, 4) is 0 Å². The number of aromatic nitrogens is 1. The number of esters is 1. The fourth-order valence-electron chi connectivity index (χ4n) is 2.53. The van der Waals surface area contributed by atoms with E-state index in [1.165, 1.54) is 42.0 Å². The van der Waals surface area contributed by atoms with E-state index in [2.05, 4.69) is 15.5 Å². The van der Waals surface area contributed by atoms with E-state index in [4.69, 9.17) is 15.3 Å². The second-order valence-electron chi connectivity index (χ2n) is 5.66. The minimum absolute atomic E-state index is 0.0522. The Labute approximate surface area is 162 Å². The minimum Gasteiger partial charge on any atom is -0.461 e. The molecule has 12 heteroatoms. The first-order valence-corrected chi connectivity index (χ1v) is 9.73. The number of thiazole rings is 1. The molecule has 0 radical (unpaired) electrons. The molecule has 1 saturated heterocycles. The Kier molecular flexibility index (Phi) is 5.65. The fraction of sp³-hybridized carbons (Fsp3) is 0.400. The van der Waals surface area contributed by atoms with Crippen LogP contribution < -0.4 is 11.1 Å². The number of rotatable bonds is 6. The number of nitrogens with zero attached hydrogens (tertiary/aromatic N) is 3. The van der Waals surface area contributed by atoms with Crippen LogP contribution in [0.2, 0.25) is 0 Å². The molecule has 2 aliphatic rings. The Morgan fingerprint density at radius 1 is 1.52 bits per heavy atom. The van der Waals surface area contributed by atoms with Gasteiger partial charge in [-0.05, 0) is 5.57 Å². The van der Waals surface area contributed by atoms with Crippen molar-refractivity contribution >= 4 is 51.7 Å². The van der Waals surface area contributed by atoms with Crippen LogP contribution in [0, 0.1) is 0 Å². The number of hydrogen-bond donors (Lipinski definition) is 2. The Morgan fingerprint density at radius 3 is 2.93 bits per heavy atom. The smallest absolute Gasteiger partial charge is 0.302 e. The zero-order chi connectivity index (χ0) is 19.6. The molecule has 27 heavy (non-hydrogen) atoms. The molecule has 1 aromatic rings. The molecule has 3 N–H and O–H groups in total. The van der Waals surface area contributed by atoms with Gasteiger partial charge >= 0.3 is 5.97 Å². The standard InChI is InChI=1S/C15H17N5O5S2/c1-7(21)25-4-8-3-20-13(23)11(14(20)26-5-8)18-12(22)10(19-24-2)9-6-27-15(16)17-9/h3,6,11,14H,4-5H2,1-2H3,(H2,16,17)(H,18,22)/t11?,14-/m1/s1. The third kappa shape index (κ3) is 4.06. The summed E-state index contributed by atoms with van der Waals surface area (Å²) in [6.07, 6.45) is 1.67. The molecule has 2 aliphatic heterocycles. The molecule has 0 aromatic carbocycles. The highest BCUT2D eigenvalue weighted by molar-refractivity contribution is 8.00. The van der Waals surface area contributed by atoms with Crippen molar-refractivity contribution in [1.82, 2.24) is 15.2 Å². The molecule has 1 fully saturated rings. The van der Waals surface area contributed by atoms with Gasteiger partial charge in [0.05, 0.1) is 0 Å². The Hall–Kier alpha value is -2.60. The van der Waals surface area contributed by atoms with Gasteiger partial charge in [0.25, 0.3) is 11.8 Å². The highest BCUT2D eigenvalue weighted by Gasteiger charge is 2.49. The number of oxime groups is 1. The van der Waals surface area contributed by atoms with Crippen molar-refractivity contribution in [2.24, 2.45) is 5.16 Å². The number of anilines is 1. The maximum Gasteiger partial charge on any atom is 0.302 e. The highest BCUT2D eigenvalue weighted by atomic mass is 32.2. The number of hydrogen-bond acceptors (Lipinski definition) is 10. The molecule has 0 bridgehead atoms. The zero-order valence-electron chi connectivity index (χ0n) is 14.5. The van der Waals surface area contributed by atoms with Gasteiger partial charge in [-0.2, -0.15) is 0 Å². The maximum absolute atomic E-state index is 12.6. The molecule has 144 valence electrons. The van der Waals surface area contributed by atoms with Crippen molar-refractivity contribution in [2.45, 2.75) is 18.3 Å². The number of fused-ring (bicyclic) bond motifs is 1. The Morgan fingerprint density at radius 2 is 2.30 bits per heavy atom. The van der Waals surface area contributed by atoms with Gasteiger partial charge in [0.1, 0.15) is 30.8 Å². The molecule has 1 aromatic heterocycles. The lowest BCUT2D eigenvalue weighted by Crippen LogP contribution is -2.69. The third-order valence-corrected chi connectivity index (χ3v) is 5.80. The second kappa shape index (κ2) is 7.96. The summed E-state index contributed by atoms with van der Waals surface area (Å²) in [7, 11) is 1.31. The second-order valence-corrected chi connectivity index (χ2v) is 7.65. The summed E-state index contributed by atoms with van der Waals surface area (Å²) < 4.78 is 4.95. The normalized spacial score (nSPS) is 21.7. The molecule has 1 unspecified atom stereocenters. The SMILES string of the molecule is CON=C(C(=O)NC1C(=O)N2C=C(COC(C)=O)CS[C@H]12)c1csc(N)n1. The molecule has 0 spiro atoms. The number of nitrogens with two attached hydrogens (primary N) is 1. The van der Waals surface area contributed by atoms with Crippen molar-refractivity contribution < 1.29 is 24.0 Å². The first-order chi connectivity index (χ1) is 12.9. The average molecular weight is 411 g/mol. The molecule has 0 aliphatic carbocycles. The molecule has 3 heterocycles. The van der Waals surface area contributed by atoms with Crippen LogP contribution in [-0.2, 0) is 24.0 Å². The number of carbonyl (C=O) groups is 3. The number of nitrogen functional groups attached to an aromatic ring is 1. The summed E-state index contributed by atoms with van der Waals surface area (Å²) >= 11 is 2.65. The van der Waals surface area contributed by atoms with E-state index >= 15 is 0 Å². The van der Waals surface area contributed by atoms with E-state index in [1.54, 1.807) is 11.6 Å². The van der Waals surface area contributed by atoms with Crippen molar-refractivity contribution in [3.05, 3.63) is 22.8 Å². The number of carbonyl (C=O) groups excluding carboxylic acids is 3. The zero-order valence-corrected chi connectivity index (χ0v) is 16.1. The van der Waals surface area contributed by atoms with E-state index in [1.807, 2.05) is 0 Å². The van der Waals surface area contributed by atoms with Crippen LogP contribution in [0.4, 0.5) is 5.13 Å². The van der Waals surface area contributed by atoms with Gasteiger partial charge in [0.15, 0.2) is 10.8 Å². The lowest BCUT2D eigenvalue weighted by Gasteiger charge is -2.47. The van der Waals surface area contributed by atoms with E-state index in [0.29, 0.717) is 10.9 Å². The monoisotopic (exact) mass is 411 g/mol. The lowest BCUT2D eigenvalue weighted by atomic mass is 10.1. The first kappa shape index (κ1) is 19.2. The molecular formula is C15H17N5O5S2. The fourth-order valence-corrected chi connectivity index (χ4v) is 4.33. The van der Waals surface area contributed by atoms with E-state index in [-0.39, 0.29) is 35.3 Å². The molecule has 0 saturated carbocycles. The Bertz CT molecular complexity index is 836. The molecule has 10 nitrogen and oxygen atoms in total.